The molecule has 2 rings (SSSR count). The number of hydrogen-bond acceptors (Lipinski definition) is 10. The zero-order valence-corrected chi connectivity index (χ0v) is 21.7. The molecule has 0 radical (unpaired) electrons. The van der Waals surface area contributed by atoms with Gasteiger partial charge in [0.1, 0.15) is 18.0 Å². The monoisotopic (exact) mass is 509 g/mol. The first-order valence-electron chi connectivity index (χ1n) is 11.7. The highest BCUT2D eigenvalue weighted by atomic mass is 16.7. The summed E-state index contributed by atoms with van der Waals surface area (Å²) in [6.07, 6.45) is 0. The van der Waals surface area contributed by atoms with Gasteiger partial charge in [-0.15, -0.1) is 0 Å². The van der Waals surface area contributed by atoms with E-state index < -0.39 is 47.3 Å². The summed E-state index contributed by atoms with van der Waals surface area (Å²) in [5.41, 5.74) is -3.10. The number of hydrogen-bond donors (Lipinski definition) is 0. The zero-order chi connectivity index (χ0) is 26.9. The summed E-state index contributed by atoms with van der Waals surface area (Å²) in [6.45, 7) is 5.41. The maximum atomic E-state index is 13.8. The van der Waals surface area contributed by atoms with Crippen molar-refractivity contribution >= 4 is 23.8 Å². The third-order valence-electron chi connectivity index (χ3n) is 6.26. The Morgan fingerprint density at radius 2 is 1.47 bits per heavy atom. The summed E-state index contributed by atoms with van der Waals surface area (Å²) in [6, 6.07) is 6.91. The summed E-state index contributed by atoms with van der Waals surface area (Å²) >= 11 is 0. The van der Waals surface area contributed by atoms with Gasteiger partial charge in [0.25, 0.3) is 0 Å². The molecule has 0 N–H and O–H groups in total. The van der Waals surface area contributed by atoms with Gasteiger partial charge in [0.05, 0.1) is 33.5 Å². The molecule has 200 valence electrons. The number of ether oxygens (including phenoxy) is 6. The van der Waals surface area contributed by atoms with E-state index in [1.54, 1.807) is 45.0 Å². The number of nitrogens with zero attached hydrogens (tertiary/aromatic N) is 1. The number of rotatable bonds is 14. The number of carbonyl (C=O) groups is 4. The van der Waals surface area contributed by atoms with Crippen molar-refractivity contribution in [3.8, 4) is 5.75 Å². The number of amides is 1. The molecule has 0 bridgehead atoms. The molecular formula is C25H35NO10. The van der Waals surface area contributed by atoms with Crippen LogP contribution in [0.4, 0.5) is 0 Å². The number of methoxy groups -OCH3 is 2. The predicted octanol–water partition coefficient (Wildman–Crippen LogP) is 1.71. The number of β-lactam (4-membered cyclic amide) rings is 1. The van der Waals surface area contributed by atoms with E-state index in [4.69, 9.17) is 28.4 Å². The van der Waals surface area contributed by atoms with Gasteiger partial charge in [0.15, 0.2) is 11.5 Å². The Hall–Kier alpha value is -3.18. The average Bonchev–Trinajstić information content (AvgIpc) is 2.86. The van der Waals surface area contributed by atoms with E-state index in [2.05, 4.69) is 0 Å². The average molecular weight is 510 g/mol. The third-order valence-corrected chi connectivity index (χ3v) is 6.26. The van der Waals surface area contributed by atoms with Crippen molar-refractivity contribution in [1.29, 1.82) is 0 Å². The fourth-order valence-electron chi connectivity index (χ4n) is 4.49. The van der Waals surface area contributed by atoms with Crippen molar-refractivity contribution in [3.63, 3.8) is 0 Å². The maximum absolute atomic E-state index is 13.8. The second-order valence-corrected chi connectivity index (χ2v) is 8.21. The Labute approximate surface area is 210 Å². The van der Waals surface area contributed by atoms with Crippen LogP contribution in [0.3, 0.4) is 0 Å². The molecule has 0 spiro atoms. The lowest BCUT2D eigenvalue weighted by atomic mass is 9.54. The van der Waals surface area contributed by atoms with Gasteiger partial charge in [-0.2, -0.15) is 0 Å². The highest BCUT2D eigenvalue weighted by Crippen LogP contribution is 2.55. The van der Waals surface area contributed by atoms with Crippen LogP contribution in [0.5, 0.6) is 5.75 Å². The highest BCUT2D eigenvalue weighted by Gasteiger charge is 2.79. The fourth-order valence-corrected chi connectivity index (χ4v) is 4.49. The van der Waals surface area contributed by atoms with Crippen molar-refractivity contribution < 1.29 is 47.6 Å². The van der Waals surface area contributed by atoms with Crippen LogP contribution in [0.2, 0.25) is 0 Å². The van der Waals surface area contributed by atoms with Crippen molar-refractivity contribution in [2.45, 2.75) is 39.8 Å². The van der Waals surface area contributed by atoms with Crippen LogP contribution < -0.4 is 4.74 Å². The lowest BCUT2D eigenvalue weighted by Crippen LogP contribution is -2.84. The zero-order valence-electron chi connectivity index (χ0n) is 21.7. The number of benzene rings is 1. The molecule has 1 heterocycles. The Morgan fingerprint density at radius 3 is 1.94 bits per heavy atom. The van der Waals surface area contributed by atoms with Crippen LogP contribution in [-0.4, -0.2) is 81.7 Å². The fraction of sp³-hybridized carbons (Fsp3) is 0.600. The molecule has 1 unspecified atom stereocenters. The van der Waals surface area contributed by atoms with Crippen molar-refractivity contribution in [1.82, 2.24) is 4.90 Å². The van der Waals surface area contributed by atoms with Gasteiger partial charge in [0, 0.05) is 13.7 Å². The van der Waals surface area contributed by atoms with Gasteiger partial charge in [-0.25, -0.2) is 4.79 Å². The summed E-state index contributed by atoms with van der Waals surface area (Å²) in [5.74, 6) is -4.52. The molecule has 0 saturated carbocycles. The molecule has 1 aromatic rings. The molecule has 1 aliphatic heterocycles. The Balaban J connectivity index is 2.67. The Bertz CT molecular complexity index is 915. The molecule has 1 fully saturated rings. The predicted molar refractivity (Wildman–Crippen MR) is 126 cm³/mol. The quantitative estimate of drug-likeness (QED) is 0.0913. The molecule has 36 heavy (non-hydrogen) atoms. The molecule has 1 saturated heterocycles. The summed E-state index contributed by atoms with van der Waals surface area (Å²) in [4.78, 5) is 54.8. The highest BCUT2D eigenvalue weighted by molar-refractivity contribution is 6.11. The molecule has 11 heteroatoms. The molecule has 1 aliphatic rings. The van der Waals surface area contributed by atoms with Gasteiger partial charge >= 0.3 is 17.9 Å². The first kappa shape index (κ1) is 29.1. The van der Waals surface area contributed by atoms with Crippen molar-refractivity contribution in [2.24, 2.45) is 11.3 Å². The maximum Gasteiger partial charge on any atom is 0.335 e. The second-order valence-electron chi connectivity index (χ2n) is 8.21. The molecule has 0 aliphatic carbocycles. The summed E-state index contributed by atoms with van der Waals surface area (Å²) in [5, 5.41) is 0. The normalized spacial score (nSPS) is 21.1. The molecule has 0 aromatic heterocycles. The van der Waals surface area contributed by atoms with E-state index in [0.29, 0.717) is 11.3 Å². The van der Waals surface area contributed by atoms with Crippen LogP contribution >= 0.6 is 0 Å². The SMILES string of the molecule is CCOC(=O)C(C(=O)OCC)C1(C)C(=O)N(Cc2ccc(OC)cc2)[C@]1(COCOC)C(=O)OCC. The van der Waals surface area contributed by atoms with Crippen LogP contribution in [0.1, 0.15) is 33.3 Å². The lowest BCUT2D eigenvalue weighted by Gasteiger charge is -2.62. The van der Waals surface area contributed by atoms with E-state index in [-0.39, 0.29) is 33.2 Å². The van der Waals surface area contributed by atoms with Crippen molar-refractivity contribution in [2.75, 3.05) is 47.4 Å². The smallest absolute Gasteiger partial charge is 0.335 e. The first-order chi connectivity index (χ1) is 17.2. The van der Waals surface area contributed by atoms with E-state index in [9.17, 15) is 19.2 Å². The van der Waals surface area contributed by atoms with Gasteiger partial charge in [-0.3, -0.25) is 14.4 Å². The van der Waals surface area contributed by atoms with E-state index in [1.165, 1.54) is 26.0 Å². The number of carbonyl (C=O) groups excluding carboxylic acids is 4. The topological polar surface area (TPSA) is 127 Å². The number of esters is 3. The summed E-state index contributed by atoms with van der Waals surface area (Å²) < 4.78 is 31.4. The largest absolute Gasteiger partial charge is 0.497 e. The van der Waals surface area contributed by atoms with E-state index in [1.807, 2.05) is 0 Å². The first-order valence-corrected chi connectivity index (χ1v) is 11.7. The van der Waals surface area contributed by atoms with Gasteiger partial charge in [-0.05, 0) is 45.4 Å². The standard InChI is InChI=1S/C25H35NO10/c1-7-34-20(27)19(21(28)35-8-2)24(4)22(29)26(14-17-10-12-18(32-6)13-11-17)25(24,15-33-16-31-5)23(30)36-9-3/h10-13,19H,7-9,14-16H2,1-6H3/t24?,25-/m1/s1. The van der Waals surface area contributed by atoms with Gasteiger partial charge in [-0.1, -0.05) is 12.1 Å². The number of likely N-dealkylation sites (tertiary alicyclic amines) is 1. The molecule has 1 amide bonds. The van der Waals surface area contributed by atoms with Crippen LogP contribution in [-0.2, 0) is 49.4 Å². The minimum atomic E-state index is -1.92. The van der Waals surface area contributed by atoms with Gasteiger partial charge in [0.2, 0.25) is 5.91 Å². The van der Waals surface area contributed by atoms with E-state index >= 15 is 0 Å². The van der Waals surface area contributed by atoms with Crippen LogP contribution in [0, 0.1) is 11.3 Å². The minimum absolute atomic E-state index is 0.00497. The molecule has 2 atom stereocenters. The molecule has 11 nitrogen and oxygen atoms in total. The second kappa shape index (κ2) is 12.7. The molecule has 1 aromatic carbocycles. The minimum Gasteiger partial charge on any atom is -0.497 e. The molecular weight excluding hydrogens is 474 g/mol. The van der Waals surface area contributed by atoms with Crippen molar-refractivity contribution in [3.05, 3.63) is 29.8 Å². The van der Waals surface area contributed by atoms with Gasteiger partial charge < -0.3 is 33.3 Å². The Kier molecular flexibility index (Phi) is 10.2. The lowest BCUT2D eigenvalue weighted by molar-refractivity contribution is -0.235. The third kappa shape index (κ3) is 5.17. The van der Waals surface area contributed by atoms with Crippen LogP contribution in [0.15, 0.2) is 24.3 Å². The van der Waals surface area contributed by atoms with Crippen LogP contribution in [0.25, 0.3) is 0 Å². The summed E-state index contributed by atoms with van der Waals surface area (Å²) in [7, 11) is 2.93. The Morgan fingerprint density at radius 1 is 0.917 bits per heavy atom. The van der Waals surface area contributed by atoms with E-state index in [0.717, 1.165) is 0 Å².